The molecule has 1 heterocycles. The van der Waals surface area contributed by atoms with E-state index in [1.807, 2.05) is 25.1 Å². The summed E-state index contributed by atoms with van der Waals surface area (Å²) in [5.74, 6) is -1.21. The van der Waals surface area contributed by atoms with E-state index in [0.717, 1.165) is 5.56 Å². The predicted octanol–water partition coefficient (Wildman–Crippen LogP) is 3.00. The third-order valence-corrected chi connectivity index (χ3v) is 4.16. The Bertz CT molecular complexity index is 1040. The van der Waals surface area contributed by atoms with Crippen molar-refractivity contribution in [1.29, 1.82) is 0 Å². The Labute approximate surface area is 143 Å². The molecule has 0 spiro atoms. The van der Waals surface area contributed by atoms with Crippen molar-refractivity contribution in [2.24, 2.45) is 0 Å². The third kappa shape index (κ3) is 3.06. The molecule has 0 bridgehead atoms. The van der Waals surface area contributed by atoms with Gasteiger partial charge in [-0.1, -0.05) is 18.2 Å². The lowest BCUT2D eigenvalue weighted by atomic mass is 10.0. The van der Waals surface area contributed by atoms with Crippen molar-refractivity contribution in [3.63, 3.8) is 0 Å². The van der Waals surface area contributed by atoms with Crippen LogP contribution in [-0.4, -0.2) is 16.1 Å². The van der Waals surface area contributed by atoms with Crippen molar-refractivity contribution in [3.8, 4) is 11.5 Å². The minimum atomic E-state index is -0.717. The highest BCUT2D eigenvalue weighted by atomic mass is 16.4. The molecule has 128 valence electrons. The zero-order chi connectivity index (χ0) is 18.1. The van der Waals surface area contributed by atoms with Gasteiger partial charge >= 0.3 is 5.63 Å². The SMILES string of the molecule is Cc1ccccc1NC(=O)Cc1c(C)c2ccc(O)c(O)c2oc1=O. The number of amides is 1. The van der Waals surface area contributed by atoms with Gasteiger partial charge in [-0.15, -0.1) is 0 Å². The molecule has 0 radical (unpaired) electrons. The summed E-state index contributed by atoms with van der Waals surface area (Å²) in [5, 5.41) is 22.6. The fourth-order valence-corrected chi connectivity index (χ4v) is 2.70. The van der Waals surface area contributed by atoms with Gasteiger partial charge in [0, 0.05) is 11.1 Å². The standard InChI is InChI=1S/C19H17NO5/c1-10-5-3-4-6-14(10)20-16(22)9-13-11(2)12-7-8-15(21)17(23)18(12)25-19(13)24/h3-8,21,23H,9H2,1-2H3,(H,20,22). The third-order valence-electron chi connectivity index (χ3n) is 4.16. The van der Waals surface area contributed by atoms with Crippen LogP contribution in [0.15, 0.2) is 45.6 Å². The molecule has 25 heavy (non-hydrogen) atoms. The van der Waals surface area contributed by atoms with Crippen molar-refractivity contribution in [3.05, 3.63) is 63.5 Å². The number of carbonyl (C=O) groups excluding carboxylic acids is 1. The lowest BCUT2D eigenvalue weighted by Crippen LogP contribution is -2.21. The zero-order valence-electron chi connectivity index (χ0n) is 13.8. The maximum absolute atomic E-state index is 12.3. The largest absolute Gasteiger partial charge is 0.504 e. The minimum absolute atomic E-state index is 0.0921. The fourth-order valence-electron chi connectivity index (χ4n) is 2.70. The summed E-state index contributed by atoms with van der Waals surface area (Å²) in [6.45, 7) is 3.55. The number of hydrogen-bond donors (Lipinski definition) is 3. The number of phenols is 2. The van der Waals surface area contributed by atoms with Gasteiger partial charge in [-0.2, -0.15) is 0 Å². The predicted molar refractivity (Wildman–Crippen MR) is 94.1 cm³/mol. The van der Waals surface area contributed by atoms with Crippen LogP contribution in [0.2, 0.25) is 0 Å². The summed E-state index contributed by atoms with van der Waals surface area (Å²) in [7, 11) is 0. The monoisotopic (exact) mass is 339 g/mol. The Morgan fingerprint density at radius 2 is 1.84 bits per heavy atom. The van der Waals surface area contributed by atoms with Gasteiger partial charge in [0.1, 0.15) is 0 Å². The van der Waals surface area contributed by atoms with Crippen LogP contribution in [0.1, 0.15) is 16.7 Å². The Balaban J connectivity index is 1.97. The van der Waals surface area contributed by atoms with Gasteiger partial charge in [0.15, 0.2) is 11.3 Å². The molecule has 0 unspecified atom stereocenters. The van der Waals surface area contributed by atoms with Crippen LogP contribution in [0.4, 0.5) is 5.69 Å². The molecule has 0 saturated heterocycles. The summed E-state index contributed by atoms with van der Waals surface area (Å²) < 4.78 is 5.11. The number of carbonyl (C=O) groups is 1. The summed E-state index contributed by atoms with van der Waals surface area (Å²) in [6.07, 6.45) is -0.153. The van der Waals surface area contributed by atoms with E-state index in [2.05, 4.69) is 5.32 Å². The second-order valence-electron chi connectivity index (χ2n) is 5.84. The number of anilines is 1. The topological polar surface area (TPSA) is 99.8 Å². The van der Waals surface area contributed by atoms with Crippen LogP contribution >= 0.6 is 0 Å². The van der Waals surface area contributed by atoms with Crippen LogP contribution in [0, 0.1) is 13.8 Å². The van der Waals surface area contributed by atoms with E-state index in [1.165, 1.54) is 12.1 Å². The molecule has 0 aliphatic carbocycles. The van der Waals surface area contributed by atoms with E-state index < -0.39 is 11.4 Å². The van der Waals surface area contributed by atoms with E-state index in [9.17, 15) is 19.8 Å². The number of para-hydroxylation sites is 1. The molecule has 1 aromatic heterocycles. The van der Waals surface area contributed by atoms with Gasteiger partial charge in [0.05, 0.1) is 12.0 Å². The maximum Gasteiger partial charge on any atom is 0.340 e. The quantitative estimate of drug-likeness (QED) is 0.503. The first-order valence-corrected chi connectivity index (χ1v) is 7.71. The lowest BCUT2D eigenvalue weighted by Gasteiger charge is -2.11. The summed E-state index contributed by atoms with van der Waals surface area (Å²) in [5.41, 5.74) is 1.53. The molecule has 0 aliphatic rings. The first kappa shape index (κ1) is 16.6. The van der Waals surface area contributed by atoms with Crippen molar-refractivity contribution in [2.45, 2.75) is 20.3 Å². The van der Waals surface area contributed by atoms with Gasteiger partial charge in [0.2, 0.25) is 11.7 Å². The average Bonchev–Trinajstić information content (AvgIpc) is 2.57. The van der Waals surface area contributed by atoms with E-state index in [1.54, 1.807) is 13.0 Å². The Kier molecular flexibility index (Phi) is 4.19. The highest BCUT2D eigenvalue weighted by Gasteiger charge is 2.18. The molecule has 0 atom stereocenters. The molecular formula is C19H17NO5. The molecule has 1 amide bonds. The van der Waals surface area contributed by atoms with Crippen LogP contribution in [-0.2, 0) is 11.2 Å². The molecule has 3 N–H and O–H groups in total. The molecule has 0 saturated carbocycles. The molecular weight excluding hydrogens is 322 g/mol. The summed E-state index contributed by atoms with van der Waals surface area (Å²) >= 11 is 0. The van der Waals surface area contributed by atoms with Crippen molar-refractivity contribution < 1.29 is 19.4 Å². The maximum atomic E-state index is 12.3. The van der Waals surface area contributed by atoms with Crippen molar-refractivity contribution >= 4 is 22.6 Å². The number of aryl methyl sites for hydroxylation is 2. The normalized spacial score (nSPS) is 10.8. The number of nitrogens with one attached hydrogen (secondary N) is 1. The fraction of sp³-hybridized carbons (Fsp3) is 0.158. The Hall–Kier alpha value is -3.28. The second kappa shape index (κ2) is 6.32. The number of hydrogen-bond acceptors (Lipinski definition) is 5. The number of phenolic OH excluding ortho intramolecular Hbond substituents is 2. The van der Waals surface area contributed by atoms with Gasteiger partial charge in [-0.3, -0.25) is 4.79 Å². The van der Waals surface area contributed by atoms with Crippen LogP contribution in [0.3, 0.4) is 0 Å². The zero-order valence-corrected chi connectivity index (χ0v) is 13.8. The molecule has 6 heteroatoms. The van der Waals surface area contributed by atoms with Crippen LogP contribution in [0.5, 0.6) is 11.5 Å². The molecule has 0 fully saturated rings. The van der Waals surface area contributed by atoms with Crippen LogP contribution in [0.25, 0.3) is 11.0 Å². The van der Waals surface area contributed by atoms with E-state index in [0.29, 0.717) is 16.6 Å². The first-order chi connectivity index (χ1) is 11.9. The Morgan fingerprint density at radius 1 is 1.12 bits per heavy atom. The summed E-state index contributed by atoms with van der Waals surface area (Å²) in [6, 6.07) is 10.2. The smallest absolute Gasteiger partial charge is 0.340 e. The molecule has 2 aromatic carbocycles. The number of rotatable bonds is 3. The van der Waals surface area contributed by atoms with Crippen LogP contribution < -0.4 is 10.9 Å². The average molecular weight is 339 g/mol. The highest BCUT2D eigenvalue weighted by molar-refractivity contribution is 5.94. The van der Waals surface area contributed by atoms with E-state index in [-0.39, 0.29) is 29.2 Å². The molecule has 6 nitrogen and oxygen atoms in total. The van der Waals surface area contributed by atoms with E-state index in [4.69, 9.17) is 4.42 Å². The lowest BCUT2D eigenvalue weighted by molar-refractivity contribution is -0.115. The first-order valence-electron chi connectivity index (χ1n) is 7.71. The summed E-state index contributed by atoms with van der Waals surface area (Å²) in [4.78, 5) is 24.5. The van der Waals surface area contributed by atoms with Gasteiger partial charge < -0.3 is 19.9 Å². The van der Waals surface area contributed by atoms with E-state index >= 15 is 0 Å². The van der Waals surface area contributed by atoms with Crippen molar-refractivity contribution in [2.75, 3.05) is 5.32 Å². The molecule has 3 rings (SSSR count). The number of benzene rings is 2. The van der Waals surface area contributed by atoms with Crippen molar-refractivity contribution in [1.82, 2.24) is 0 Å². The second-order valence-corrected chi connectivity index (χ2v) is 5.84. The highest BCUT2D eigenvalue weighted by Crippen LogP contribution is 2.34. The van der Waals surface area contributed by atoms with Gasteiger partial charge in [-0.05, 0) is 43.2 Å². The number of fused-ring (bicyclic) bond motifs is 1. The van der Waals surface area contributed by atoms with Gasteiger partial charge in [-0.25, -0.2) is 4.79 Å². The molecule has 0 aliphatic heterocycles. The Morgan fingerprint density at radius 3 is 2.56 bits per heavy atom. The van der Waals surface area contributed by atoms with Gasteiger partial charge in [0.25, 0.3) is 0 Å². The number of aromatic hydroxyl groups is 2. The molecule has 3 aromatic rings. The minimum Gasteiger partial charge on any atom is -0.504 e.